The number of ether oxygens (including phenoxy) is 3. The lowest BCUT2D eigenvalue weighted by Gasteiger charge is -2.18. The van der Waals surface area contributed by atoms with Crippen LogP contribution in [-0.4, -0.2) is 37.2 Å². The monoisotopic (exact) mass is 801 g/mol. The molecule has 0 amide bonds. The highest BCUT2D eigenvalue weighted by Gasteiger charge is 2.19. The summed E-state index contributed by atoms with van der Waals surface area (Å²) in [4.78, 5) is 37.8. The van der Waals surface area contributed by atoms with Crippen LogP contribution in [0, 0.1) is 0 Å². The molecule has 0 aliphatic heterocycles. The first kappa shape index (κ1) is 54.6. The van der Waals surface area contributed by atoms with E-state index in [-0.39, 0.29) is 31.1 Å². The molecule has 0 aromatic heterocycles. The quantitative estimate of drug-likeness (QED) is 0.0264. The van der Waals surface area contributed by atoms with Crippen molar-refractivity contribution in [3.05, 3.63) is 36.5 Å². The van der Waals surface area contributed by atoms with E-state index in [0.29, 0.717) is 19.3 Å². The minimum absolute atomic E-state index is 0.0898. The molecule has 6 heteroatoms. The van der Waals surface area contributed by atoms with Crippen LogP contribution in [-0.2, 0) is 28.6 Å². The molecule has 0 radical (unpaired) electrons. The van der Waals surface area contributed by atoms with Crippen LogP contribution in [0.3, 0.4) is 0 Å². The summed E-state index contributed by atoms with van der Waals surface area (Å²) in [6.07, 6.45) is 52.7. The number of rotatable bonds is 44. The highest BCUT2D eigenvalue weighted by Crippen LogP contribution is 2.13. The summed E-state index contributed by atoms with van der Waals surface area (Å²) >= 11 is 0. The van der Waals surface area contributed by atoms with Gasteiger partial charge in [-0.2, -0.15) is 0 Å². The molecule has 0 saturated heterocycles. The average Bonchev–Trinajstić information content (AvgIpc) is 3.21. The number of hydrogen-bond acceptors (Lipinski definition) is 6. The highest BCUT2D eigenvalue weighted by atomic mass is 16.6. The van der Waals surface area contributed by atoms with Gasteiger partial charge in [-0.05, 0) is 96.3 Å². The fraction of sp³-hybridized carbons (Fsp3) is 0.824. The maximum atomic E-state index is 12.7. The molecule has 0 spiro atoms. The van der Waals surface area contributed by atoms with E-state index in [9.17, 15) is 14.4 Å². The van der Waals surface area contributed by atoms with Gasteiger partial charge in [-0.3, -0.25) is 14.4 Å². The minimum atomic E-state index is -0.788. The number of allylic oxidation sites excluding steroid dienone is 6. The Morgan fingerprint density at radius 2 is 0.579 bits per heavy atom. The molecule has 0 rings (SSSR count). The fourth-order valence-corrected chi connectivity index (χ4v) is 6.84. The number of hydrogen-bond donors (Lipinski definition) is 0. The molecule has 0 aliphatic carbocycles. The van der Waals surface area contributed by atoms with E-state index in [4.69, 9.17) is 14.2 Å². The van der Waals surface area contributed by atoms with Gasteiger partial charge in [0.1, 0.15) is 13.2 Å². The van der Waals surface area contributed by atoms with Gasteiger partial charge in [0.05, 0.1) is 0 Å². The van der Waals surface area contributed by atoms with Crippen LogP contribution in [0.1, 0.15) is 252 Å². The Kier molecular flexibility index (Phi) is 44.4. The molecule has 0 aromatic carbocycles. The number of carbonyl (C=O) groups excluding carboxylic acids is 3. The van der Waals surface area contributed by atoms with Crippen molar-refractivity contribution in [1.29, 1.82) is 0 Å². The van der Waals surface area contributed by atoms with Crippen LogP contribution in [0.25, 0.3) is 0 Å². The Morgan fingerprint density at radius 1 is 0.333 bits per heavy atom. The molecular weight excluding hydrogens is 709 g/mol. The van der Waals surface area contributed by atoms with Gasteiger partial charge < -0.3 is 14.2 Å². The molecule has 0 aromatic rings. The van der Waals surface area contributed by atoms with Gasteiger partial charge in [0.2, 0.25) is 0 Å². The molecule has 0 N–H and O–H groups in total. The third kappa shape index (κ3) is 44.6. The standard InChI is InChI=1S/C51H92O6/c1-4-7-10-13-16-19-22-25-28-31-34-37-40-43-49(52)55-46-48(57-51(54)45-42-39-36-33-30-27-24-21-18-15-12-9-6-3)47-56-50(53)44-41-38-35-32-29-26-23-20-17-14-11-8-5-2/h25-30,48H,4-24,31-47H2,1-3H3/b28-25-,29-26-,30-27-. The van der Waals surface area contributed by atoms with E-state index in [1.807, 2.05) is 0 Å². The summed E-state index contributed by atoms with van der Waals surface area (Å²) in [5, 5.41) is 0. The van der Waals surface area contributed by atoms with E-state index in [1.54, 1.807) is 0 Å². The topological polar surface area (TPSA) is 78.9 Å². The lowest BCUT2D eigenvalue weighted by molar-refractivity contribution is -0.167. The molecule has 0 fully saturated rings. The Hall–Kier alpha value is -2.37. The highest BCUT2D eigenvalue weighted by molar-refractivity contribution is 5.71. The van der Waals surface area contributed by atoms with Gasteiger partial charge in [0.15, 0.2) is 6.10 Å². The van der Waals surface area contributed by atoms with Crippen molar-refractivity contribution in [3.8, 4) is 0 Å². The van der Waals surface area contributed by atoms with E-state index >= 15 is 0 Å². The third-order valence-corrected chi connectivity index (χ3v) is 10.6. The van der Waals surface area contributed by atoms with E-state index in [2.05, 4.69) is 57.2 Å². The zero-order valence-electron chi connectivity index (χ0n) is 37.9. The van der Waals surface area contributed by atoms with Crippen LogP contribution in [0.5, 0.6) is 0 Å². The van der Waals surface area contributed by atoms with Crippen molar-refractivity contribution in [2.75, 3.05) is 13.2 Å². The second-order valence-corrected chi connectivity index (χ2v) is 16.4. The Morgan fingerprint density at radius 3 is 0.877 bits per heavy atom. The van der Waals surface area contributed by atoms with Crippen LogP contribution < -0.4 is 0 Å². The van der Waals surface area contributed by atoms with Crippen molar-refractivity contribution in [3.63, 3.8) is 0 Å². The molecule has 0 aliphatic rings. The minimum Gasteiger partial charge on any atom is -0.462 e. The zero-order valence-corrected chi connectivity index (χ0v) is 37.9. The summed E-state index contributed by atoms with van der Waals surface area (Å²) in [6, 6.07) is 0. The molecule has 6 nitrogen and oxygen atoms in total. The third-order valence-electron chi connectivity index (χ3n) is 10.6. The van der Waals surface area contributed by atoms with Crippen LogP contribution in [0.15, 0.2) is 36.5 Å². The normalized spacial score (nSPS) is 11.8. The maximum Gasteiger partial charge on any atom is 0.306 e. The van der Waals surface area contributed by atoms with E-state index in [0.717, 1.165) is 96.3 Å². The van der Waals surface area contributed by atoms with E-state index < -0.39 is 6.10 Å². The molecule has 0 bridgehead atoms. The van der Waals surface area contributed by atoms with E-state index in [1.165, 1.54) is 116 Å². The molecule has 0 unspecified atom stereocenters. The van der Waals surface area contributed by atoms with Gasteiger partial charge in [-0.1, -0.05) is 173 Å². The first-order valence-electron chi connectivity index (χ1n) is 24.5. The second kappa shape index (κ2) is 46.3. The van der Waals surface area contributed by atoms with Crippen LogP contribution in [0.4, 0.5) is 0 Å². The molecule has 332 valence electrons. The van der Waals surface area contributed by atoms with Gasteiger partial charge in [0.25, 0.3) is 0 Å². The van der Waals surface area contributed by atoms with Gasteiger partial charge in [0, 0.05) is 19.3 Å². The lowest BCUT2D eigenvalue weighted by Crippen LogP contribution is -2.30. The largest absolute Gasteiger partial charge is 0.462 e. The molecular formula is C51H92O6. The lowest BCUT2D eigenvalue weighted by atomic mass is 10.1. The Balaban J connectivity index is 4.43. The maximum absolute atomic E-state index is 12.7. The summed E-state index contributed by atoms with van der Waals surface area (Å²) in [5.74, 6) is -0.932. The molecule has 0 saturated carbocycles. The molecule has 57 heavy (non-hydrogen) atoms. The summed E-state index contributed by atoms with van der Waals surface area (Å²) in [6.45, 7) is 6.58. The summed E-state index contributed by atoms with van der Waals surface area (Å²) in [7, 11) is 0. The van der Waals surface area contributed by atoms with Crippen molar-refractivity contribution < 1.29 is 28.6 Å². The van der Waals surface area contributed by atoms with Crippen molar-refractivity contribution in [2.24, 2.45) is 0 Å². The predicted octanol–water partition coefficient (Wildman–Crippen LogP) is 15.8. The van der Waals surface area contributed by atoms with Crippen molar-refractivity contribution in [2.45, 2.75) is 258 Å². The first-order valence-corrected chi connectivity index (χ1v) is 24.5. The summed E-state index contributed by atoms with van der Waals surface area (Å²) < 4.78 is 16.7. The van der Waals surface area contributed by atoms with Gasteiger partial charge in [-0.25, -0.2) is 0 Å². The second-order valence-electron chi connectivity index (χ2n) is 16.4. The average molecular weight is 801 g/mol. The number of esters is 3. The number of unbranched alkanes of at least 4 members (excludes halogenated alkanes) is 27. The van der Waals surface area contributed by atoms with Crippen LogP contribution in [0.2, 0.25) is 0 Å². The Bertz CT molecular complexity index is 917. The van der Waals surface area contributed by atoms with Crippen LogP contribution >= 0.6 is 0 Å². The van der Waals surface area contributed by atoms with Crippen molar-refractivity contribution in [1.82, 2.24) is 0 Å². The summed E-state index contributed by atoms with van der Waals surface area (Å²) in [5.41, 5.74) is 0. The molecule has 0 heterocycles. The predicted molar refractivity (Wildman–Crippen MR) is 242 cm³/mol. The zero-order chi connectivity index (χ0) is 41.5. The molecule has 0 atom stereocenters. The van der Waals surface area contributed by atoms with Gasteiger partial charge >= 0.3 is 17.9 Å². The first-order chi connectivity index (χ1) is 28.0. The fourth-order valence-electron chi connectivity index (χ4n) is 6.84. The number of carbonyl (C=O) groups is 3. The Labute approximate surface area is 353 Å². The van der Waals surface area contributed by atoms with Gasteiger partial charge in [-0.15, -0.1) is 0 Å². The SMILES string of the molecule is CCCCCCCC/C=C\CCCCCC(=O)OCC(COC(=O)CCCCC/C=C\CCCCCCCC)OC(=O)CCCCC/C=C\CCCCCCCC. The smallest absolute Gasteiger partial charge is 0.306 e. The van der Waals surface area contributed by atoms with Crippen molar-refractivity contribution >= 4 is 17.9 Å².